The molecule has 0 aliphatic carbocycles. The largest absolute Gasteiger partial charge is 0.464 e. The zero-order valence-corrected chi connectivity index (χ0v) is 14.2. The van der Waals surface area contributed by atoms with Crippen molar-refractivity contribution in [2.45, 2.75) is 46.5 Å². The first kappa shape index (κ1) is 20.1. The van der Waals surface area contributed by atoms with Crippen LogP contribution in [0.15, 0.2) is 53.1 Å². The Morgan fingerprint density at radius 3 is 2.45 bits per heavy atom. The van der Waals surface area contributed by atoms with Gasteiger partial charge in [-0.05, 0) is 45.1 Å². The van der Waals surface area contributed by atoms with E-state index in [9.17, 15) is 4.79 Å². The molecule has 0 rings (SSSR count). The third-order valence-electron chi connectivity index (χ3n) is 3.07. The molecule has 122 valence electrons. The van der Waals surface area contributed by atoms with Crippen LogP contribution in [-0.2, 0) is 9.53 Å². The Kier molecular flexibility index (Phi) is 11.7. The molecular weight excluding hydrogens is 274 g/mol. The van der Waals surface area contributed by atoms with Crippen molar-refractivity contribution in [1.29, 1.82) is 0 Å². The molecule has 0 aromatic rings. The van der Waals surface area contributed by atoms with Crippen LogP contribution < -0.4 is 0 Å². The van der Waals surface area contributed by atoms with Crippen molar-refractivity contribution >= 4 is 12.2 Å². The van der Waals surface area contributed by atoms with E-state index in [0.717, 1.165) is 36.8 Å². The molecule has 0 spiro atoms. The number of hydrogen-bond acceptors (Lipinski definition) is 3. The van der Waals surface area contributed by atoms with Crippen LogP contribution in [0.4, 0.5) is 0 Å². The normalized spacial score (nSPS) is 12.5. The van der Waals surface area contributed by atoms with Gasteiger partial charge in [0.15, 0.2) is 0 Å². The Balaban J connectivity index is 3.91. The summed E-state index contributed by atoms with van der Waals surface area (Å²) in [6.07, 6.45) is 12.2. The number of nitrogens with zero attached hydrogens (tertiary/aromatic N) is 1. The summed E-state index contributed by atoms with van der Waals surface area (Å²) in [7, 11) is 0. The second kappa shape index (κ2) is 12.8. The fourth-order valence-electron chi connectivity index (χ4n) is 1.74. The molecule has 0 aromatic heterocycles. The minimum Gasteiger partial charge on any atom is -0.464 e. The molecule has 0 radical (unpaired) electrons. The Morgan fingerprint density at radius 2 is 1.82 bits per heavy atom. The smallest absolute Gasteiger partial charge is 0.302 e. The monoisotopic (exact) mass is 303 g/mol. The lowest BCUT2D eigenvalue weighted by molar-refractivity contribution is -0.140. The van der Waals surface area contributed by atoms with Gasteiger partial charge in [-0.1, -0.05) is 42.5 Å². The topological polar surface area (TPSA) is 38.7 Å². The Hall–Kier alpha value is -1.90. The number of rotatable bonds is 11. The van der Waals surface area contributed by atoms with E-state index in [1.807, 2.05) is 19.2 Å². The summed E-state index contributed by atoms with van der Waals surface area (Å²) in [5.41, 5.74) is 3.62. The molecule has 3 nitrogen and oxygen atoms in total. The highest BCUT2D eigenvalue weighted by Gasteiger charge is 1.92. The van der Waals surface area contributed by atoms with Gasteiger partial charge in [0.1, 0.15) is 6.61 Å². The molecule has 0 heterocycles. The summed E-state index contributed by atoms with van der Waals surface area (Å²) in [5, 5.41) is 0. The van der Waals surface area contributed by atoms with E-state index in [1.54, 1.807) is 0 Å². The molecule has 0 unspecified atom stereocenters. The van der Waals surface area contributed by atoms with Crippen LogP contribution in [0.1, 0.15) is 46.5 Å². The van der Waals surface area contributed by atoms with Crippen LogP contribution in [0.5, 0.6) is 0 Å². The molecule has 0 aliphatic heterocycles. The van der Waals surface area contributed by atoms with E-state index in [4.69, 9.17) is 4.74 Å². The molecule has 0 bridgehead atoms. The van der Waals surface area contributed by atoms with Crippen molar-refractivity contribution in [1.82, 2.24) is 0 Å². The number of hydrogen-bond donors (Lipinski definition) is 0. The Labute approximate surface area is 135 Å². The zero-order chi connectivity index (χ0) is 16.8. The van der Waals surface area contributed by atoms with E-state index < -0.39 is 0 Å². The summed E-state index contributed by atoms with van der Waals surface area (Å²) >= 11 is 0. The number of ether oxygens (including phenoxy) is 1. The predicted molar refractivity (Wildman–Crippen MR) is 95.3 cm³/mol. The molecule has 0 aromatic carbocycles. The van der Waals surface area contributed by atoms with Crippen LogP contribution in [0.25, 0.3) is 0 Å². The molecule has 3 heteroatoms. The summed E-state index contributed by atoms with van der Waals surface area (Å²) < 4.78 is 4.81. The van der Waals surface area contributed by atoms with Crippen molar-refractivity contribution in [2.75, 3.05) is 13.2 Å². The van der Waals surface area contributed by atoms with Crippen molar-refractivity contribution in [3.8, 4) is 0 Å². The maximum Gasteiger partial charge on any atom is 0.302 e. The molecule has 0 aliphatic rings. The minimum atomic E-state index is -0.263. The van der Waals surface area contributed by atoms with E-state index in [0.29, 0.717) is 13.2 Å². The van der Waals surface area contributed by atoms with Gasteiger partial charge in [-0.25, -0.2) is 0 Å². The lowest BCUT2D eigenvalue weighted by Crippen LogP contribution is -2.03. The lowest BCUT2D eigenvalue weighted by Gasteiger charge is -2.00. The van der Waals surface area contributed by atoms with Crippen LogP contribution in [0, 0.1) is 0 Å². The van der Waals surface area contributed by atoms with Crippen molar-refractivity contribution in [2.24, 2.45) is 4.99 Å². The second-order valence-corrected chi connectivity index (χ2v) is 5.31. The number of carbonyl (C=O) groups is 1. The first-order chi connectivity index (χ1) is 10.5. The Morgan fingerprint density at radius 1 is 1.14 bits per heavy atom. The van der Waals surface area contributed by atoms with Gasteiger partial charge < -0.3 is 4.74 Å². The third-order valence-corrected chi connectivity index (χ3v) is 3.07. The summed E-state index contributed by atoms with van der Waals surface area (Å²) in [6, 6.07) is 0. The summed E-state index contributed by atoms with van der Waals surface area (Å²) in [6.45, 7) is 14.1. The highest BCUT2D eigenvalue weighted by molar-refractivity contribution is 5.77. The first-order valence-corrected chi connectivity index (χ1v) is 7.71. The van der Waals surface area contributed by atoms with Crippen LogP contribution >= 0.6 is 0 Å². The van der Waals surface area contributed by atoms with E-state index in [-0.39, 0.29) is 5.97 Å². The molecule has 0 saturated heterocycles. The van der Waals surface area contributed by atoms with E-state index >= 15 is 0 Å². The summed E-state index contributed by atoms with van der Waals surface area (Å²) in [4.78, 5) is 14.8. The van der Waals surface area contributed by atoms with Gasteiger partial charge in [-0.3, -0.25) is 9.79 Å². The van der Waals surface area contributed by atoms with E-state index in [2.05, 4.69) is 37.2 Å². The van der Waals surface area contributed by atoms with Crippen molar-refractivity contribution in [3.05, 3.63) is 48.1 Å². The molecule has 0 atom stereocenters. The molecule has 0 N–H and O–H groups in total. The number of allylic oxidation sites excluding steroid dienone is 6. The molecule has 22 heavy (non-hydrogen) atoms. The lowest BCUT2D eigenvalue weighted by atomic mass is 10.1. The quantitative estimate of drug-likeness (QED) is 0.180. The molecule has 0 saturated carbocycles. The summed E-state index contributed by atoms with van der Waals surface area (Å²) in [5.74, 6) is -0.263. The second-order valence-electron chi connectivity index (χ2n) is 5.31. The van der Waals surface area contributed by atoms with Gasteiger partial charge in [-0.2, -0.15) is 0 Å². The average Bonchev–Trinajstić information content (AvgIpc) is 2.46. The molecule has 0 fully saturated rings. The maximum absolute atomic E-state index is 10.6. The Bertz CT molecular complexity index is 456. The van der Waals surface area contributed by atoms with Gasteiger partial charge in [0.25, 0.3) is 0 Å². The third kappa shape index (κ3) is 13.1. The highest BCUT2D eigenvalue weighted by Crippen LogP contribution is 2.10. The van der Waals surface area contributed by atoms with Gasteiger partial charge in [-0.15, -0.1) is 0 Å². The van der Waals surface area contributed by atoms with Gasteiger partial charge in [0, 0.05) is 13.1 Å². The number of carbonyl (C=O) groups excluding carboxylic acids is 1. The number of aliphatic imine (C=N–C) groups is 1. The predicted octanol–water partition coefficient (Wildman–Crippen LogP) is 4.82. The highest BCUT2D eigenvalue weighted by atomic mass is 16.5. The van der Waals surface area contributed by atoms with Crippen molar-refractivity contribution in [3.63, 3.8) is 0 Å². The molecular formula is C19H29NO2. The first-order valence-electron chi connectivity index (χ1n) is 7.71. The van der Waals surface area contributed by atoms with Crippen LogP contribution in [-0.4, -0.2) is 25.3 Å². The maximum atomic E-state index is 10.6. The van der Waals surface area contributed by atoms with E-state index in [1.165, 1.54) is 12.5 Å². The van der Waals surface area contributed by atoms with Crippen LogP contribution in [0.3, 0.4) is 0 Å². The van der Waals surface area contributed by atoms with Crippen molar-refractivity contribution < 1.29 is 9.53 Å². The minimum absolute atomic E-state index is 0.263. The average molecular weight is 303 g/mol. The fraction of sp³-hybridized carbons (Fsp3) is 0.474. The standard InChI is InChI=1S/C19H29NO2/c1-6-16(2)9-7-10-17(3)11-8-12-18(4)15-20-13-14-22-19(5)21/h6,10,12,15H,1-2,7-9,11,13-14H2,3-5H3. The fourth-order valence-corrected chi connectivity index (χ4v) is 1.74. The zero-order valence-electron chi connectivity index (χ0n) is 14.2. The van der Waals surface area contributed by atoms with Crippen LogP contribution in [0.2, 0.25) is 0 Å². The van der Waals surface area contributed by atoms with Gasteiger partial charge in [0.2, 0.25) is 0 Å². The number of esters is 1. The van der Waals surface area contributed by atoms with Gasteiger partial charge in [0.05, 0.1) is 6.54 Å². The molecule has 0 amide bonds. The van der Waals surface area contributed by atoms with Gasteiger partial charge >= 0.3 is 5.97 Å². The SMILES string of the molecule is C=CC(=C)CCC=C(C)CCC=C(C)C=NCCOC(C)=O.